The van der Waals surface area contributed by atoms with Gasteiger partial charge in [0.15, 0.2) is 0 Å². The quantitative estimate of drug-likeness (QED) is 0.584. The lowest BCUT2D eigenvalue weighted by atomic mass is 10.4. The Morgan fingerprint density at radius 2 is 1.00 bits per heavy atom. The van der Waals surface area contributed by atoms with E-state index in [2.05, 4.69) is 41.3 Å². The lowest BCUT2D eigenvalue weighted by molar-refractivity contribution is 0.826. The van der Waals surface area contributed by atoms with Gasteiger partial charge in [0.2, 0.25) is 17.8 Å². The van der Waals surface area contributed by atoms with Gasteiger partial charge in [0.05, 0.1) is 0 Å². The molecule has 1 aromatic heterocycles. The van der Waals surface area contributed by atoms with Gasteiger partial charge in [-0.1, -0.05) is 24.3 Å². The zero-order valence-electron chi connectivity index (χ0n) is 14.1. The summed E-state index contributed by atoms with van der Waals surface area (Å²) in [4.78, 5) is 19.5. The average molecular weight is 314 g/mol. The summed E-state index contributed by atoms with van der Waals surface area (Å²) in [5.74, 6) is 1.79. The molecule has 0 unspecified atom stereocenters. The van der Waals surface area contributed by atoms with E-state index in [-0.39, 0.29) is 0 Å². The molecule has 0 atom stereocenters. The molecule has 23 heavy (non-hydrogen) atoms. The van der Waals surface area contributed by atoms with Crippen molar-refractivity contribution >= 4 is 17.8 Å². The number of hydrogen-bond donors (Lipinski definition) is 0. The van der Waals surface area contributed by atoms with Gasteiger partial charge >= 0.3 is 0 Å². The van der Waals surface area contributed by atoms with Crippen LogP contribution in [0, 0.1) is 0 Å². The topological polar surface area (TPSA) is 48.4 Å². The van der Waals surface area contributed by atoms with Gasteiger partial charge in [-0.25, -0.2) is 0 Å². The maximum absolute atomic E-state index is 4.57. The fourth-order valence-electron chi connectivity index (χ4n) is 1.93. The maximum Gasteiger partial charge on any atom is 0.232 e. The van der Waals surface area contributed by atoms with E-state index in [4.69, 9.17) is 0 Å². The Balaban J connectivity index is 3.30. The SMILES string of the molecule is C=CCN(C)c1nc(N(C)CC=C)nc(N(CC=C)CC=C)n1. The lowest BCUT2D eigenvalue weighted by Gasteiger charge is -2.24. The van der Waals surface area contributed by atoms with Gasteiger partial charge in [-0.2, -0.15) is 15.0 Å². The molecule has 1 aromatic rings. The lowest BCUT2D eigenvalue weighted by Crippen LogP contribution is -2.30. The van der Waals surface area contributed by atoms with E-state index in [1.54, 1.807) is 0 Å². The van der Waals surface area contributed by atoms with Crippen molar-refractivity contribution in [1.82, 2.24) is 15.0 Å². The Bertz CT molecular complexity index is 510. The summed E-state index contributed by atoms with van der Waals surface area (Å²) in [5.41, 5.74) is 0. The van der Waals surface area contributed by atoms with E-state index in [1.807, 2.05) is 53.1 Å². The highest BCUT2D eigenvalue weighted by molar-refractivity contribution is 5.47. The van der Waals surface area contributed by atoms with Crippen LogP contribution in [0.15, 0.2) is 50.6 Å². The summed E-state index contributed by atoms with van der Waals surface area (Å²) < 4.78 is 0. The number of hydrogen-bond acceptors (Lipinski definition) is 6. The molecule has 6 nitrogen and oxygen atoms in total. The maximum atomic E-state index is 4.57. The Labute approximate surface area is 139 Å². The van der Waals surface area contributed by atoms with E-state index in [9.17, 15) is 0 Å². The summed E-state index contributed by atoms with van der Waals surface area (Å²) in [6.07, 6.45) is 7.24. The first-order chi connectivity index (χ1) is 11.1. The van der Waals surface area contributed by atoms with Crippen molar-refractivity contribution in [2.45, 2.75) is 0 Å². The Kier molecular flexibility index (Phi) is 7.53. The number of likely N-dealkylation sites (N-methyl/N-ethyl adjacent to an activating group) is 2. The molecular formula is C17H26N6. The van der Waals surface area contributed by atoms with E-state index in [0.717, 1.165) is 0 Å². The van der Waals surface area contributed by atoms with Gasteiger partial charge in [-0.15, -0.1) is 26.3 Å². The zero-order valence-corrected chi connectivity index (χ0v) is 14.1. The predicted molar refractivity (Wildman–Crippen MR) is 99.4 cm³/mol. The predicted octanol–water partition coefficient (Wildman–Crippen LogP) is 2.29. The highest BCUT2D eigenvalue weighted by atomic mass is 15.4. The molecule has 0 saturated heterocycles. The van der Waals surface area contributed by atoms with Gasteiger partial charge in [-0.3, -0.25) is 0 Å². The van der Waals surface area contributed by atoms with Crippen LogP contribution in [0.25, 0.3) is 0 Å². The number of rotatable bonds is 11. The molecule has 124 valence electrons. The minimum atomic E-state index is 0.594. The van der Waals surface area contributed by atoms with E-state index in [0.29, 0.717) is 44.0 Å². The van der Waals surface area contributed by atoms with Crippen LogP contribution in [0.5, 0.6) is 0 Å². The van der Waals surface area contributed by atoms with Crippen LogP contribution in [0.2, 0.25) is 0 Å². The Morgan fingerprint density at radius 1 is 0.652 bits per heavy atom. The minimum absolute atomic E-state index is 0.594. The molecule has 0 radical (unpaired) electrons. The van der Waals surface area contributed by atoms with Crippen LogP contribution in [0.4, 0.5) is 17.8 Å². The first-order valence-corrected chi connectivity index (χ1v) is 7.44. The molecule has 0 spiro atoms. The molecule has 0 fully saturated rings. The molecule has 0 aromatic carbocycles. The van der Waals surface area contributed by atoms with E-state index < -0.39 is 0 Å². The molecular weight excluding hydrogens is 288 g/mol. The van der Waals surface area contributed by atoms with Crippen molar-refractivity contribution in [3.05, 3.63) is 50.6 Å². The van der Waals surface area contributed by atoms with Gasteiger partial charge in [0.1, 0.15) is 0 Å². The second-order valence-corrected chi connectivity index (χ2v) is 5.06. The smallest absolute Gasteiger partial charge is 0.232 e. The number of aromatic nitrogens is 3. The molecule has 1 heterocycles. The van der Waals surface area contributed by atoms with Crippen LogP contribution >= 0.6 is 0 Å². The van der Waals surface area contributed by atoms with Crippen LogP contribution in [-0.4, -0.2) is 55.2 Å². The largest absolute Gasteiger partial charge is 0.340 e. The van der Waals surface area contributed by atoms with Crippen molar-refractivity contribution in [1.29, 1.82) is 0 Å². The normalized spacial score (nSPS) is 9.83. The second-order valence-electron chi connectivity index (χ2n) is 5.06. The number of anilines is 3. The molecule has 0 aliphatic carbocycles. The third kappa shape index (κ3) is 5.25. The summed E-state index contributed by atoms with van der Waals surface area (Å²) in [6, 6.07) is 0. The first-order valence-electron chi connectivity index (χ1n) is 7.44. The molecule has 1 rings (SSSR count). The van der Waals surface area contributed by atoms with E-state index in [1.165, 1.54) is 0 Å². The average Bonchev–Trinajstić information content (AvgIpc) is 2.54. The van der Waals surface area contributed by atoms with Crippen molar-refractivity contribution < 1.29 is 0 Å². The highest BCUT2D eigenvalue weighted by Gasteiger charge is 2.15. The fraction of sp³-hybridized carbons (Fsp3) is 0.353. The molecule has 0 aliphatic rings. The second kappa shape index (κ2) is 9.40. The third-order valence-electron chi connectivity index (χ3n) is 3.07. The summed E-state index contributed by atoms with van der Waals surface area (Å²) >= 11 is 0. The monoisotopic (exact) mass is 314 g/mol. The molecule has 0 bridgehead atoms. The summed E-state index contributed by atoms with van der Waals surface area (Å²) in [6.45, 7) is 17.6. The zero-order chi connectivity index (χ0) is 17.2. The summed E-state index contributed by atoms with van der Waals surface area (Å²) in [7, 11) is 3.84. The standard InChI is InChI=1S/C17H26N6/c1-7-11-21(5)15-18-16(22(6)12-8-2)20-17(19-15)23(13-9-3)14-10-4/h7-10H,1-4,11-14H2,5-6H3. The van der Waals surface area contributed by atoms with Gasteiger partial charge in [0, 0.05) is 40.3 Å². The summed E-state index contributed by atoms with van der Waals surface area (Å²) in [5, 5.41) is 0. The van der Waals surface area contributed by atoms with Crippen LogP contribution in [0.1, 0.15) is 0 Å². The molecule has 6 heteroatoms. The van der Waals surface area contributed by atoms with Crippen molar-refractivity contribution in [2.75, 3.05) is 55.0 Å². The fourth-order valence-corrected chi connectivity index (χ4v) is 1.93. The van der Waals surface area contributed by atoms with Gasteiger partial charge in [0.25, 0.3) is 0 Å². The van der Waals surface area contributed by atoms with Gasteiger partial charge in [-0.05, 0) is 0 Å². The highest BCUT2D eigenvalue weighted by Crippen LogP contribution is 2.18. The molecule has 0 amide bonds. The van der Waals surface area contributed by atoms with Crippen molar-refractivity contribution in [3.8, 4) is 0 Å². The molecule has 0 N–H and O–H groups in total. The Morgan fingerprint density at radius 3 is 1.35 bits per heavy atom. The molecule has 0 saturated carbocycles. The van der Waals surface area contributed by atoms with Crippen LogP contribution in [0.3, 0.4) is 0 Å². The van der Waals surface area contributed by atoms with Crippen LogP contribution < -0.4 is 14.7 Å². The van der Waals surface area contributed by atoms with Gasteiger partial charge < -0.3 is 14.7 Å². The van der Waals surface area contributed by atoms with E-state index >= 15 is 0 Å². The van der Waals surface area contributed by atoms with Crippen LogP contribution in [-0.2, 0) is 0 Å². The minimum Gasteiger partial charge on any atom is -0.340 e. The van der Waals surface area contributed by atoms with Crippen molar-refractivity contribution in [2.24, 2.45) is 0 Å². The third-order valence-corrected chi connectivity index (χ3v) is 3.07. The first kappa shape index (κ1) is 18.4. The Hall–Kier alpha value is -2.63. The molecule has 0 aliphatic heterocycles. The number of nitrogens with zero attached hydrogens (tertiary/aromatic N) is 6. The van der Waals surface area contributed by atoms with Crippen molar-refractivity contribution in [3.63, 3.8) is 0 Å².